The van der Waals surface area contributed by atoms with Gasteiger partial charge in [0.15, 0.2) is 0 Å². The first kappa shape index (κ1) is 13.1. The van der Waals surface area contributed by atoms with E-state index in [-0.39, 0.29) is 6.42 Å². The fraction of sp³-hybridized carbons (Fsp3) is 0.0625. The molecule has 0 aliphatic carbocycles. The van der Waals surface area contributed by atoms with Gasteiger partial charge in [0.2, 0.25) is 0 Å². The highest BCUT2D eigenvalue weighted by Crippen LogP contribution is 2.23. The summed E-state index contributed by atoms with van der Waals surface area (Å²) < 4.78 is 1.58. The fourth-order valence-corrected chi connectivity index (χ4v) is 2.20. The van der Waals surface area contributed by atoms with E-state index in [0.29, 0.717) is 11.4 Å². The largest absolute Gasteiger partial charge is 0.481 e. The van der Waals surface area contributed by atoms with Gasteiger partial charge in [0, 0.05) is 5.56 Å². The zero-order valence-electron chi connectivity index (χ0n) is 11.2. The molecule has 0 atom stereocenters. The van der Waals surface area contributed by atoms with Gasteiger partial charge in [-0.3, -0.25) is 4.79 Å². The van der Waals surface area contributed by atoms with Crippen molar-refractivity contribution < 1.29 is 9.90 Å². The molecule has 0 bridgehead atoms. The molecule has 5 nitrogen and oxygen atoms in total. The molecule has 0 saturated carbocycles. The predicted molar refractivity (Wildman–Crippen MR) is 78.1 cm³/mol. The van der Waals surface area contributed by atoms with Crippen LogP contribution in [0.4, 0.5) is 0 Å². The van der Waals surface area contributed by atoms with Gasteiger partial charge in [0.05, 0.1) is 17.8 Å². The van der Waals surface area contributed by atoms with Gasteiger partial charge in [-0.05, 0) is 12.1 Å². The molecule has 0 aliphatic rings. The number of hydrogen-bond donors (Lipinski definition) is 1. The molecular formula is C16H13N3O2. The fourth-order valence-electron chi connectivity index (χ4n) is 2.20. The third kappa shape index (κ3) is 2.67. The first-order valence-electron chi connectivity index (χ1n) is 6.53. The Morgan fingerprint density at radius 2 is 1.62 bits per heavy atom. The minimum Gasteiger partial charge on any atom is -0.481 e. The van der Waals surface area contributed by atoms with E-state index in [0.717, 1.165) is 11.3 Å². The van der Waals surface area contributed by atoms with E-state index in [1.165, 1.54) is 0 Å². The lowest BCUT2D eigenvalue weighted by atomic mass is 10.1. The van der Waals surface area contributed by atoms with Crippen molar-refractivity contribution in [3.05, 3.63) is 66.4 Å². The first-order chi connectivity index (χ1) is 10.3. The summed E-state index contributed by atoms with van der Waals surface area (Å²) >= 11 is 0. The minimum atomic E-state index is -0.910. The third-order valence-corrected chi connectivity index (χ3v) is 3.13. The molecule has 0 aliphatic heterocycles. The summed E-state index contributed by atoms with van der Waals surface area (Å²) in [5.74, 6) is -0.910. The predicted octanol–water partition coefficient (Wildman–Crippen LogP) is 2.56. The normalized spacial score (nSPS) is 10.5. The maximum absolute atomic E-state index is 11.2. The van der Waals surface area contributed by atoms with Crippen LogP contribution in [0.5, 0.6) is 0 Å². The second-order valence-corrected chi connectivity index (χ2v) is 4.57. The number of para-hydroxylation sites is 1. The molecular weight excluding hydrogens is 266 g/mol. The van der Waals surface area contributed by atoms with Crippen molar-refractivity contribution >= 4 is 5.97 Å². The van der Waals surface area contributed by atoms with E-state index in [9.17, 15) is 4.79 Å². The summed E-state index contributed by atoms with van der Waals surface area (Å²) in [6, 6.07) is 18.9. The summed E-state index contributed by atoms with van der Waals surface area (Å²) in [4.78, 5) is 11.2. The van der Waals surface area contributed by atoms with Crippen LogP contribution in [-0.4, -0.2) is 26.1 Å². The molecule has 21 heavy (non-hydrogen) atoms. The SMILES string of the molecule is O=C(O)Cc1c(-c2ccccc2)nnn1-c1ccccc1. The number of nitrogens with zero attached hydrogens (tertiary/aromatic N) is 3. The quantitative estimate of drug-likeness (QED) is 0.797. The summed E-state index contributed by atoms with van der Waals surface area (Å²) in [5.41, 5.74) is 2.82. The summed E-state index contributed by atoms with van der Waals surface area (Å²) in [6.07, 6.45) is -0.133. The van der Waals surface area contributed by atoms with Crippen LogP contribution in [0.15, 0.2) is 60.7 Å². The zero-order chi connectivity index (χ0) is 14.7. The first-order valence-corrected chi connectivity index (χ1v) is 6.53. The molecule has 5 heteroatoms. The van der Waals surface area contributed by atoms with Gasteiger partial charge < -0.3 is 5.11 Å². The van der Waals surface area contributed by atoms with Gasteiger partial charge in [-0.1, -0.05) is 53.7 Å². The van der Waals surface area contributed by atoms with E-state index in [2.05, 4.69) is 10.3 Å². The monoisotopic (exact) mass is 279 g/mol. The van der Waals surface area contributed by atoms with Gasteiger partial charge in [0.1, 0.15) is 5.69 Å². The van der Waals surface area contributed by atoms with Crippen LogP contribution < -0.4 is 0 Å². The molecule has 0 spiro atoms. The summed E-state index contributed by atoms with van der Waals surface area (Å²) in [6.45, 7) is 0. The van der Waals surface area contributed by atoms with Gasteiger partial charge in [0.25, 0.3) is 0 Å². The Kier molecular flexibility index (Phi) is 3.47. The highest BCUT2D eigenvalue weighted by molar-refractivity contribution is 5.74. The Morgan fingerprint density at radius 1 is 1.00 bits per heavy atom. The van der Waals surface area contributed by atoms with Gasteiger partial charge >= 0.3 is 5.97 Å². The smallest absolute Gasteiger partial charge is 0.309 e. The van der Waals surface area contributed by atoms with E-state index >= 15 is 0 Å². The Hall–Kier alpha value is -2.95. The van der Waals surface area contributed by atoms with Crippen molar-refractivity contribution in [1.82, 2.24) is 15.0 Å². The van der Waals surface area contributed by atoms with E-state index < -0.39 is 5.97 Å². The Labute approximate surface area is 121 Å². The van der Waals surface area contributed by atoms with Crippen LogP contribution in [0.1, 0.15) is 5.69 Å². The number of carboxylic acids is 1. The lowest BCUT2D eigenvalue weighted by Crippen LogP contribution is -2.08. The van der Waals surface area contributed by atoms with Gasteiger partial charge in [-0.25, -0.2) is 4.68 Å². The van der Waals surface area contributed by atoms with Crippen molar-refractivity contribution in [2.45, 2.75) is 6.42 Å². The molecule has 0 fully saturated rings. The molecule has 0 saturated heterocycles. The Balaban J connectivity index is 2.14. The standard InChI is InChI=1S/C16H13N3O2/c20-15(21)11-14-16(12-7-3-1-4-8-12)17-18-19(14)13-9-5-2-6-10-13/h1-10H,11H2,(H,20,21). The van der Waals surface area contributed by atoms with E-state index in [1.54, 1.807) is 4.68 Å². The number of benzene rings is 2. The topological polar surface area (TPSA) is 68.0 Å². The Morgan fingerprint density at radius 3 is 2.24 bits per heavy atom. The summed E-state index contributed by atoms with van der Waals surface area (Å²) in [7, 11) is 0. The van der Waals surface area contributed by atoms with Crippen LogP contribution in [0, 0.1) is 0 Å². The average molecular weight is 279 g/mol. The zero-order valence-corrected chi connectivity index (χ0v) is 11.2. The van der Waals surface area contributed by atoms with E-state index in [4.69, 9.17) is 5.11 Å². The molecule has 0 unspecified atom stereocenters. The number of carbonyl (C=O) groups is 1. The third-order valence-electron chi connectivity index (χ3n) is 3.13. The minimum absolute atomic E-state index is 0.133. The second-order valence-electron chi connectivity index (χ2n) is 4.57. The maximum atomic E-state index is 11.2. The summed E-state index contributed by atoms with van der Waals surface area (Å²) in [5, 5.41) is 17.4. The van der Waals surface area contributed by atoms with E-state index in [1.807, 2.05) is 60.7 Å². The maximum Gasteiger partial charge on any atom is 0.309 e. The molecule has 2 aromatic carbocycles. The Bertz CT molecular complexity index is 695. The van der Waals surface area contributed by atoms with Crippen molar-refractivity contribution in [2.24, 2.45) is 0 Å². The number of rotatable bonds is 4. The number of aromatic nitrogens is 3. The molecule has 104 valence electrons. The molecule has 0 amide bonds. The van der Waals surface area contributed by atoms with Crippen LogP contribution in [0.25, 0.3) is 16.9 Å². The number of carboxylic acid groups (broad SMARTS) is 1. The van der Waals surface area contributed by atoms with Crippen LogP contribution in [0.2, 0.25) is 0 Å². The average Bonchev–Trinajstić information content (AvgIpc) is 2.92. The lowest BCUT2D eigenvalue weighted by Gasteiger charge is -2.06. The molecule has 1 N–H and O–H groups in total. The molecule has 3 aromatic rings. The van der Waals surface area contributed by atoms with Crippen LogP contribution >= 0.6 is 0 Å². The second kappa shape index (κ2) is 5.58. The van der Waals surface area contributed by atoms with Crippen molar-refractivity contribution in [2.75, 3.05) is 0 Å². The highest BCUT2D eigenvalue weighted by atomic mass is 16.4. The highest BCUT2D eigenvalue weighted by Gasteiger charge is 2.18. The molecule has 3 rings (SSSR count). The van der Waals surface area contributed by atoms with Crippen molar-refractivity contribution in [1.29, 1.82) is 0 Å². The van der Waals surface area contributed by atoms with Crippen LogP contribution in [0.3, 0.4) is 0 Å². The van der Waals surface area contributed by atoms with Gasteiger partial charge in [-0.15, -0.1) is 5.10 Å². The number of hydrogen-bond acceptors (Lipinski definition) is 3. The van der Waals surface area contributed by atoms with Crippen molar-refractivity contribution in [3.63, 3.8) is 0 Å². The lowest BCUT2D eigenvalue weighted by molar-refractivity contribution is -0.136. The van der Waals surface area contributed by atoms with Crippen LogP contribution in [-0.2, 0) is 11.2 Å². The number of aliphatic carboxylic acids is 1. The molecule has 1 heterocycles. The van der Waals surface area contributed by atoms with Gasteiger partial charge in [-0.2, -0.15) is 0 Å². The molecule has 0 radical (unpaired) electrons. The van der Waals surface area contributed by atoms with Crippen molar-refractivity contribution in [3.8, 4) is 16.9 Å². The molecule has 1 aromatic heterocycles.